The molecule has 1 aliphatic carbocycles. The summed E-state index contributed by atoms with van der Waals surface area (Å²) in [6.45, 7) is 0. The minimum Gasteiger partial charge on any atom is -0.432 e. The lowest BCUT2D eigenvalue weighted by Crippen LogP contribution is -2.35. The van der Waals surface area contributed by atoms with E-state index in [0.29, 0.717) is 36.2 Å². The molecule has 3 unspecified atom stereocenters. The molecule has 1 fully saturated rings. The number of hydrogen-bond acceptors (Lipinski definition) is 6. The molecular weight excluding hydrogens is 460 g/mol. The van der Waals surface area contributed by atoms with E-state index in [2.05, 4.69) is 15.6 Å². The van der Waals surface area contributed by atoms with E-state index in [1.54, 1.807) is 42.5 Å². The number of para-hydroxylation sites is 1. The van der Waals surface area contributed by atoms with Crippen LogP contribution in [0.2, 0.25) is 0 Å². The molecule has 0 saturated heterocycles. The molecule has 184 valence electrons. The third-order valence-electron chi connectivity index (χ3n) is 6.05. The first-order valence-corrected chi connectivity index (χ1v) is 11.6. The van der Waals surface area contributed by atoms with Crippen molar-refractivity contribution in [3.05, 3.63) is 113 Å². The maximum Gasteiger partial charge on any atom is 0.412 e. The predicted molar refractivity (Wildman–Crippen MR) is 135 cm³/mol. The first-order valence-electron chi connectivity index (χ1n) is 11.6. The predicted octanol–water partition coefficient (Wildman–Crippen LogP) is 5.18. The zero-order chi connectivity index (χ0) is 25.3. The Hall–Kier alpha value is -4.53. The first kappa shape index (κ1) is 24.6. The van der Waals surface area contributed by atoms with Crippen LogP contribution in [0.15, 0.2) is 96.8 Å². The number of nitro groups is 1. The molecule has 2 amide bonds. The maximum absolute atomic E-state index is 13.2. The van der Waals surface area contributed by atoms with Gasteiger partial charge in [-0.3, -0.25) is 25.2 Å². The smallest absolute Gasteiger partial charge is 0.412 e. The molecule has 1 aromatic heterocycles. The molecule has 3 atom stereocenters. The number of pyridine rings is 1. The second-order valence-corrected chi connectivity index (χ2v) is 8.47. The summed E-state index contributed by atoms with van der Waals surface area (Å²) in [6.07, 6.45) is 3.58. The summed E-state index contributed by atoms with van der Waals surface area (Å²) >= 11 is 0. The Morgan fingerprint density at radius 3 is 2.25 bits per heavy atom. The van der Waals surface area contributed by atoms with E-state index in [-0.39, 0.29) is 10.8 Å². The molecule has 9 heteroatoms. The van der Waals surface area contributed by atoms with Gasteiger partial charge in [-0.05, 0) is 54.7 Å². The van der Waals surface area contributed by atoms with E-state index in [4.69, 9.17) is 4.74 Å². The van der Waals surface area contributed by atoms with Crippen molar-refractivity contribution in [1.29, 1.82) is 0 Å². The second kappa shape index (κ2) is 11.7. The number of carbonyl (C=O) groups excluding carboxylic acids is 2. The Morgan fingerprint density at radius 1 is 0.944 bits per heavy atom. The number of ether oxygens (including phenoxy) is 1. The summed E-state index contributed by atoms with van der Waals surface area (Å²) in [5.41, 5.74) is 2.49. The third kappa shape index (κ3) is 6.53. The largest absolute Gasteiger partial charge is 0.432 e. The fourth-order valence-electron chi connectivity index (χ4n) is 4.29. The van der Waals surface area contributed by atoms with Crippen molar-refractivity contribution in [1.82, 2.24) is 4.98 Å². The van der Waals surface area contributed by atoms with Gasteiger partial charge >= 0.3 is 6.09 Å². The standard InChI is InChI=1S/C27H26N4O5/c32-26(29-23-13-15-28-16-14-23)25(36-27(33)30-22-9-5-2-6-10-22)18-21-17-20(11-12-24(21)31(34)35)19-7-3-1-4-8-19/h1-10,13-16,18,20,24-25H,11-12,17H2,(H,30,33)(H,28,29,32)/b21-18+. The van der Waals surface area contributed by atoms with Gasteiger partial charge in [0.05, 0.1) is 0 Å². The van der Waals surface area contributed by atoms with Crippen LogP contribution in [0.4, 0.5) is 16.2 Å². The molecule has 2 aromatic carbocycles. The summed E-state index contributed by atoms with van der Waals surface area (Å²) < 4.78 is 5.48. The number of aromatic nitrogens is 1. The Bertz CT molecular complexity index is 1220. The number of hydrogen-bond donors (Lipinski definition) is 2. The highest BCUT2D eigenvalue weighted by Gasteiger charge is 2.35. The molecule has 1 heterocycles. The Labute approximate surface area is 208 Å². The van der Waals surface area contributed by atoms with Crippen molar-refractivity contribution < 1.29 is 19.2 Å². The van der Waals surface area contributed by atoms with Gasteiger partial charge in [0.1, 0.15) is 0 Å². The second-order valence-electron chi connectivity index (χ2n) is 8.47. The molecule has 0 aliphatic heterocycles. The van der Waals surface area contributed by atoms with Gasteiger partial charge in [0.25, 0.3) is 5.91 Å². The molecule has 9 nitrogen and oxygen atoms in total. The lowest BCUT2D eigenvalue weighted by Gasteiger charge is -2.28. The van der Waals surface area contributed by atoms with Crippen molar-refractivity contribution in [2.75, 3.05) is 10.6 Å². The summed E-state index contributed by atoms with van der Waals surface area (Å²) in [4.78, 5) is 41.2. The highest BCUT2D eigenvalue weighted by atomic mass is 16.6. The minimum atomic E-state index is -1.38. The lowest BCUT2D eigenvalue weighted by atomic mass is 9.78. The fourth-order valence-corrected chi connectivity index (χ4v) is 4.29. The highest BCUT2D eigenvalue weighted by molar-refractivity contribution is 5.97. The van der Waals surface area contributed by atoms with Crippen molar-refractivity contribution in [3.63, 3.8) is 0 Å². The van der Waals surface area contributed by atoms with E-state index in [0.717, 1.165) is 5.56 Å². The number of rotatable bonds is 7. The normalized spacial score (nSPS) is 19.2. The Morgan fingerprint density at radius 2 is 1.58 bits per heavy atom. The van der Waals surface area contributed by atoms with Crippen LogP contribution >= 0.6 is 0 Å². The molecule has 0 bridgehead atoms. The maximum atomic E-state index is 13.2. The fraction of sp³-hybridized carbons (Fsp3) is 0.222. The number of nitrogens with one attached hydrogen (secondary N) is 2. The van der Waals surface area contributed by atoms with Gasteiger partial charge in [-0.25, -0.2) is 4.79 Å². The van der Waals surface area contributed by atoms with Crippen LogP contribution in [-0.2, 0) is 9.53 Å². The molecule has 1 saturated carbocycles. The van der Waals surface area contributed by atoms with Gasteiger partial charge in [-0.2, -0.15) is 0 Å². The monoisotopic (exact) mass is 486 g/mol. The topological polar surface area (TPSA) is 123 Å². The number of amides is 2. The van der Waals surface area contributed by atoms with Gasteiger partial charge in [-0.15, -0.1) is 0 Å². The van der Waals surface area contributed by atoms with Crippen LogP contribution in [0.3, 0.4) is 0 Å². The van der Waals surface area contributed by atoms with Gasteiger partial charge in [0, 0.05) is 40.7 Å². The quantitative estimate of drug-likeness (QED) is 0.270. The molecule has 1 aliphatic rings. The summed E-state index contributed by atoms with van der Waals surface area (Å²) in [5.74, 6) is -0.559. The van der Waals surface area contributed by atoms with E-state index >= 15 is 0 Å². The zero-order valence-electron chi connectivity index (χ0n) is 19.4. The van der Waals surface area contributed by atoms with Crippen LogP contribution in [0.1, 0.15) is 30.7 Å². The number of carbonyl (C=O) groups is 2. The van der Waals surface area contributed by atoms with E-state index in [1.165, 1.54) is 18.5 Å². The molecular formula is C27H26N4O5. The Kier molecular flexibility index (Phi) is 8.02. The number of nitrogens with zero attached hydrogens (tertiary/aromatic N) is 2. The molecule has 0 radical (unpaired) electrons. The number of benzene rings is 2. The molecule has 4 rings (SSSR count). The molecule has 3 aromatic rings. The van der Waals surface area contributed by atoms with Gasteiger partial charge in [0.2, 0.25) is 12.1 Å². The van der Waals surface area contributed by atoms with Crippen LogP contribution in [0.5, 0.6) is 0 Å². The summed E-state index contributed by atoms with van der Waals surface area (Å²) in [7, 11) is 0. The van der Waals surface area contributed by atoms with Gasteiger partial charge in [-0.1, -0.05) is 48.5 Å². The third-order valence-corrected chi connectivity index (χ3v) is 6.05. The van der Waals surface area contributed by atoms with Crippen molar-refractivity contribution in [2.24, 2.45) is 0 Å². The van der Waals surface area contributed by atoms with Crippen LogP contribution in [-0.4, -0.2) is 34.1 Å². The van der Waals surface area contributed by atoms with E-state index in [1.807, 2.05) is 30.3 Å². The highest BCUT2D eigenvalue weighted by Crippen LogP contribution is 2.37. The van der Waals surface area contributed by atoms with E-state index < -0.39 is 24.1 Å². The number of anilines is 2. The van der Waals surface area contributed by atoms with Gasteiger partial charge < -0.3 is 10.1 Å². The molecule has 0 spiro atoms. The van der Waals surface area contributed by atoms with Crippen LogP contribution in [0.25, 0.3) is 0 Å². The zero-order valence-corrected chi connectivity index (χ0v) is 19.4. The average Bonchev–Trinajstić information content (AvgIpc) is 2.89. The minimum absolute atomic E-state index is 0.0655. The average molecular weight is 487 g/mol. The first-order chi connectivity index (χ1) is 17.5. The molecule has 36 heavy (non-hydrogen) atoms. The summed E-state index contributed by atoms with van der Waals surface area (Å²) in [5, 5.41) is 17.1. The van der Waals surface area contributed by atoms with E-state index in [9.17, 15) is 19.7 Å². The van der Waals surface area contributed by atoms with Crippen LogP contribution in [0, 0.1) is 10.1 Å². The van der Waals surface area contributed by atoms with Crippen molar-refractivity contribution in [3.8, 4) is 0 Å². The van der Waals surface area contributed by atoms with Crippen molar-refractivity contribution >= 4 is 23.4 Å². The molecule has 2 N–H and O–H groups in total. The Balaban J connectivity index is 1.60. The van der Waals surface area contributed by atoms with Gasteiger partial charge in [0.15, 0.2) is 0 Å². The SMILES string of the molecule is O=C(Nc1ccccc1)OC(/C=C1\CC(c2ccccc2)CCC1[N+](=O)[O-])C(=O)Nc1ccncc1. The lowest BCUT2D eigenvalue weighted by molar-refractivity contribution is -0.514. The van der Waals surface area contributed by atoms with Crippen molar-refractivity contribution in [2.45, 2.75) is 37.3 Å². The summed E-state index contributed by atoms with van der Waals surface area (Å²) in [6, 6.07) is 20.7. The van der Waals surface area contributed by atoms with Crippen LogP contribution < -0.4 is 10.6 Å².